The smallest absolute Gasteiger partial charge is 0.244 e. The van der Waals surface area contributed by atoms with Gasteiger partial charge in [0.2, 0.25) is 11.8 Å². The summed E-state index contributed by atoms with van der Waals surface area (Å²) in [5.41, 5.74) is 3.64. The third-order valence-electron chi connectivity index (χ3n) is 4.92. The van der Waals surface area contributed by atoms with E-state index in [-0.39, 0.29) is 30.5 Å². The molecule has 0 bridgehead atoms. The average Bonchev–Trinajstić information content (AvgIpc) is 2.72. The van der Waals surface area contributed by atoms with E-state index in [2.05, 4.69) is 15.6 Å². The molecule has 11 heteroatoms. The lowest BCUT2D eigenvalue weighted by Gasteiger charge is -2.38. The van der Waals surface area contributed by atoms with Crippen LogP contribution in [0, 0.1) is 22.9 Å². The Labute approximate surface area is 185 Å². The van der Waals surface area contributed by atoms with E-state index in [0.29, 0.717) is 0 Å². The second kappa shape index (κ2) is 8.79. The number of benzene rings is 2. The minimum absolute atomic E-state index is 0.129. The molecule has 4 N–H and O–H groups in total. The highest BCUT2D eigenvalue weighted by atomic mass is 19.1. The van der Waals surface area contributed by atoms with Crippen LogP contribution in [0.3, 0.4) is 0 Å². The van der Waals surface area contributed by atoms with Crippen LogP contribution in [0.2, 0.25) is 0 Å². The first-order valence-corrected chi connectivity index (χ1v) is 9.61. The number of carbonyl (C=O) groups is 2. The van der Waals surface area contributed by atoms with Crippen LogP contribution in [-0.2, 0) is 14.3 Å². The number of nitrogens with one attached hydrogen (secondary N) is 2. The Morgan fingerprint density at radius 3 is 2.30 bits per heavy atom. The molecule has 8 nitrogen and oxygen atoms in total. The number of nitrogen functional groups attached to an aromatic ring is 1. The normalized spacial score (nSPS) is 14.2. The lowest BCUT2D eigenvalue weighted by atomic mass is 9.83. The molecule has 33 heavy (non-hydrogen) atoms. The lowest BCUT2D eigenvalue weighted by Crippen LogP contribution is -2.59. The van der Waals surface area contributed by atoms with Gasteiger partial charge < -0.3 is 25.8 Å². The number of carbonyl (C=O) groups excluding carboxylic acids is 2. The maximum absolute atomic E-state index is 14.6. The summed E-state index contributed by atoms with van der Waals surface area (Å²) in [6.45, 7) is -0.527. The summed E-state index contributed by atoms with van der Waals surface area (Å²) in [5.74, 6) is -4.23. The van der Waals surface area contributed by atoms with Crippen molar-refractivity contribution in [3.05, 3.63) is 72.2 Å². The van der Waals surface area contributed by atoms with Gasteiger partial charge in [0.25, 0.3) is 0 Å². The fourth-order valence-corrected chi connectivity index (χ4v) is 3.02. The fourth-order valence-electron chi connectivity index (χ4n) is 3.02. The largest absolute Gasteiger partial charge is 0.454 e. The maximum Gasteiger partial charge on any atom is 0.244 e. The summed E-state index contributed by atoms with van der Waals surface area (Å²) in [5, 5.41) is 4.73. The van der Waals surface area contributed by atoms with Gasteiger partial charge in [-0.2, -0.15) is 0 Å². The number of hydrogen-bond donors (Lipinski definition) is 3. The van der Waals surface area contributed by atoms with Crippen molar-refractivity contribution >= 4 is 29.0 Å². The first-order valence-electron chi connectivity index (χ1n) is 9.61. The number of rotatable bonds is 6. The number of amides is 2. The van der Waals surface area contributed by atoms with Crippen molar-refractivity contribution in [3.63, 3.8) is 0 Å². The summed E-state index contributed by atoms with van der Waals surface area (Å²) in [6.07, 6.45) is 1.34. The van der Waals surface area contributed by atoms with Crippen LogP contribution in [0.1, 0.15) is 0 Å². The molecule has 1 aliphatic rings. The molecule has 1 fully saturated rings. The van der Waals surface area contributed by atoms with Crippen LogP contribution in [0.5, 0.6) is 11.5 Å². The van der Waals surface area contributed by atoms with E-state index in [9.17, 15) is 22.8 Å². The summed E-state index contributed by atoms with van der Waals surface area (Å²) in [7, 11) is 0. The first kappa shape index (κ1) is 22.1. The Balaban J connectivity index is 1.50. The molecular weight excluding hydrogens is 441 g/mol. The Hall–Kier alpha value is -4.12. The fraction of sp³-hybridized carbons (Fsp3) is 0.136. The van der Waals surface area contributed by atoms with Crippen molar-refractivity contribution in [1.29, 1.82) is 0 Å². The molecular formula is C22H17F3N4O4. The average molecular weight is 458 g/mol. The van der Waals surface area contributed by atoms with Crippen molar-refractivity contribution in [2.75, 3.05) is 29.6 Å². The van der Waals surface area contributed by atoms with Gasteiger partial charge in [-0.25, -0.2) is 18.2 Å². The van der Waals surface area contributed by atoms with Gasteiger partial charge >= 0.3 is 0 Å². The molecule has 2 amide bonds. The second-order valence-electron chi connectivity index (χ2n) is 7.27. The highest BCUT2D eigenvalue weighted by Crippen LogP contribution is 2.34. The number of nitrogens with zero attached hydrogens (tertiary/aromatic N) is 1. The number of pyridine rings is 1. The highest BCUT2D eigenvalue weighted by Gasteiger charge is 2.53. The molecule has 4 rings (SSSR count). The van der Waals surface area contributed by atoms with E-state index in [1.807, 2.05) is 0 Å². The molecule has 1 aliphatic heterocycles. The minimum Gasteiger partial charge on any atom is -0.454 e. The van der Waals surface area contributed by atoms with Crippen LogP contribution in [0.25, 0.3) is 0 Å². The van der Waals surface area contributed by atoms with Crippen LogP contribution in [0.15, 0.2) is 54.7 Å². The summed E-state index contributed by atoms with van der Waals surface area (Å²) in [4.78, 5) is 29.3. The van der Waals surface area contributed by atoms with Gasteiger partial charge in [-0.3, -0.25) is 9.59 Å². The van der Waals surface area contributed by atoms with Crippen molar-refractivity contribution < 1.29 is 32.2 Å². The molecule has 3 aromatic rings. The van der Waals surface area contributed by atoms with Gasteiger partial charge in [-0.1, -0.05) is 0 Å². The predicted molar refractivity (Wildman–Crippen MR) is 112 cm³/mol. The standard InChI is InChI=1S/C22H17F3N4O4/c23-12-1-3-13(4-2-12)28-20(30)22(10-32-11-22)21(31)29-17-8-16(25)18(9-15(17)24)33-14-5-6-27-19(26)7-14/h1-9H,10-11H2,(H2,26,27)(H,28,30)(H,29,31). The number of nitrogens with two attached hydrogens (primary N) is 1. The SMILES string of the molecule is Nc1cc(Oc2cc(F)c(NC(=O)C3(C(=O)Nc4ccc(F)cc4)COC3)cc2F)ccn1. The molecule has 1 aromatic heterocycles. The first-order chi connectivity index (χ1) is 15.8. The Bertz CT molecular complexity index is 1220. The monoisotopic (exact) mass is 458 g/mol. The molecule has 0 aliphatic carbocycles. The topological polar surface area (TPSA) is 116 Å². The van der Waals surface area contributed by atoms with Gasteiger partial charge in [-0.05, 0) is 30.3 Å². The number of hydrogen-bond acceptors (Lipinski definition) is 6. The van der Waals surface area contributed by atoms with Gasteiger partial charge in [0.15, 0.2) is 22.8 Å². The van der Waals surface area contributed by atoms with Gasteiger partial charge in [0, 0.05) is 30.1 Å². The van der Waals surface area contributed by atoms with E-state index in [1.165, 1.54) is 30.5 Å². The number of anilines is 3. The van der Waals surface area contributed by atoms with Crippen LogP contribution < -0.4 is 21.1 Å². The Morgan fingerprint density at radius 1 is 0.970 bits per heavy atom. The number of aromatic nitrogens is 1. The van der Waals surface area contributed by atoms with Crippen LogP contribution >= 0.6 is 0 Å². The second-order valence-corrected chi connectivity index (χ2v) is 7.27. The molecule has 0 spiro atoms. The van der Waals surface area contributed by atoms with E-state index < -0.39 is 46.1 Å². The molecule has 2 aromatic carbocycles. The van der Waals surface area contributed by atoms with Crippen molar-refractivity contribution in [2.24, 2.45) is 5.41 Å². The number of ether oxygens (including phenoxy) is 2. The minimum atomic E-state index is -1.67. The highest BCUT2D eigenvalue weighted by molar-refractivity contribution is 6.15. The van der Waals surface area contributed by atoms with Gasteiger partial charge in [0.1, 0.15) is 17.4 Å². The summed E-state index contributed by atoms with van der Waals surface area (Å²) < 4.78 is 52.5. The zero-order valence-corrected chi connectivity index (χ0v) is 16.9. The Morgan fingerprint density at radius 2 is 1.67 bits per heavy atom. The number of halogens is 3. The quantitative estimate of drug-likeness (QED) is 0.488. The van der Waals surface area contributed by atoms with E-state index in [4.69, 9.17) is 15.2 Å². The van der Waals surface area contributed by atoms with Gasteiger partial charge in [-0.15, -0.1) is 0 Å². The third-order valence-corrected chi connectivity index (χ3v) is 4.92. The van der Waals surface area contributed by atoms with Crippen molar-refractivity contribution in [1.82, 2.24) is 4.98 Å². The zero-order chi connectivity index (χ0) is 23.6. The molecule has 0 atom stereocenters. The lowest BCUT2D eigenvalue weighted by molar-refractivity contribution is -0.166. The molecule has 170 valence electrons. The van der Waals surface area contributed by atoms with E-state index in [1.54, 1.807) is 0 Å². The Kier molecular flexibility index (Phi) is 5.88. The van der Waals surface area contributed by atoms with E-state index in [0.717, 1.165) is 24.3 Å². The van der Waals surface area contributed by atoms with E-state index >= 15 is 0 Å². The maximum atomic E-state index is 14.6. The van der Waals surface area contributed by atoms with Crippen molar-refractivity contribution in [2.45, 2.75) is 0 Å². The zero-order valence-electron chi connectivity index (χ0n) is 16.9. The third kappa shape index (κ3) is 4.58. The molecule has 0 unspecified atom stereocenters. The summed E-state index contributed by atoms with van der Waals surface area (Å²) >= 11 is 0. The molecule has 1 saturated heterocycles. The predicted octanol–water partition coefficient (Wildman–Crippen LogP) is 3.47. The summed E-state index contributed by atoms with van der Waals surface area (Å²) in [6, 6.07) is 9.15. The molecule has 0 saturated carbocycles. The molecule has 2 heterocycles. The molecule has 0 radical (unpaired) electrons. The van der Waals surface area contributed by atoms with Crippen LogP contribution in [0.4, 0.5) is 30.4 Å². The van der Waals surface area contributed by atoms with Gasteiger partial charge in [0.05, 0.1) is 18.9 Å². The van der Waals surface area contributed by atoms with Crippen molar-refractivity contribution in [3.8, 4) is 11.5 Å². The van der Waals surface area contributed by atoms with Crippen LogP contribution in [-0.4, -0.2) is 30.0 Å².